The average molecular weight is 572 g/mol. The highest BCUT2D eigenvalue weighted by Crippen LogP contribution is 2.21. The number of hydrogen-bond donors (Lipinski definition) is 3. The maximum absolute atomic E-state index is 3.52. The second-order valence-electron chi connectivity index (χ2n) is 9.05. The highest BCUT2D eigenvalue weighted by molar-refractivity contribution is 8.76. The first-order valence-corrected chi connectivity index (χ1v) is 16.5. The average Bonchev–Trinajstić information content (AvgIpc) is 3.00. The molecule has 0 radical (unpaired) electrons. The Kier molecular flexibility index (Phi) is 14.7. The lowest BCUT2D eigenvalue weighted by Gasteiger charge is -2.08. The third-order valence-corrected chi connectivity index (χ3v) is 8.49. The van der Waals surface area contributed by atoms with Crippen LogP contribution < -0.4 is 20.5 Å². The zero-order valence-corrected chi connectivity index (χ0v) is 25.6. The van der Waals surface area contributed by atoms with Gasteiger partial charge in [-0.05, 0) is 79.6 Å². The first-order chi connectivity index (χ1) is 19.7. The summed E-state index contributed by atoms with van der Waals surface area (Å²) < 4.78 is 2.16. The number of aryl methyl sites for hydroxylation is 1. The fraction of sp³-hybridized carbons (Fsp3) is 0.265. The first-order valence-electron chi connectivity index (χ1n) is 14.0. The third kappa shape index (κ3) is 12.2. The number of aromatic nitrogens is 1. The van der Waals surface area contributed by atoms with Crippen molar-refractivity contribution in [1.29, 1.82) is 0 Å². The van der Waals surface area contributed by atoms with E-state index in [1.807, 2.05) is 27.8 Å². The second-order valence-corrected chi connectivity index (χ2v) is 11.8. The van der Waals surface area contributed by atoms with Crippen molar-refractivity contribution in [3.05, 3.63) is 120 Å². The van der Waals surface area contributed by atoms with Gasteiger partial charge in [-0.25, -0.2) is 4.57 Å². The van der Waals surface area contributed by atoms with Crippen molar-refractivity contribution in [2.45, 2.75) is 27.3 Å². The minimum absolute atomic E-state index is 0.934. The molecule has 0 fully saturated rings. The topological polar surface area (TPSA) is 40.0 Å². The van der Waals surface area contributed by atoms with E-state index in [9.17, 15) is 0 Å². The summed E-state index contributed by atoms with van der Waals surface area (Å²) >= 11 is 0. The van der Waals surface area contributed by atoms with Crippen LogP contribution in [0.1, 0.15) is 37.5 Å². The van der Waals surface area contributed by atoms with E-state index in [1.165, 1.54) is 28.0 Å². The molecule has 1 heterocycles. The molecule has 210 valence electrons. The Morgan fingerprint density at radius 1 is 0.700 bits per heavy atom. The number of nitrogens with one attached hydrogen (secondary N) is 3. The predicted molar refractivity (Wildman–Crippen MR) is 182 cm³/mol. The van der Waals surface area contributed by atoms with Crippen molar-refractivity contribution < 1.29 is 4.57 Å². The molecule has 0 bridgehead atoms. The summed E-state index contributed by atoms with van der Waals surface area (Å²) in [6.45, 7) is 10.1. The maximum atomic E-state index is 3.52. The van der Waals surface area contributed by atoms with Crippen molar-refractivity contribution in [3.8, 4) is 0 Å². The molecule has 3 rings (SSSR count). The van der Waals surface area contributed by atoms with Gasteiger partial charge in [-0.3, -0.25) is 0 Å². The molecule has 4 nitrogen and oxygen atoms in total. The lowest BCUT2D eigenvalue weighted by molar-refractivity contribution is -0.693. The van der Waals surface area contributed by atoms with Gasteiger partial charge in [0, 0.05) is 54.6 Å². The maximum Gasteiger partial charge on any atom is 0.169 e. The van der Waals surface area contributed by atoms with Crippen LogP contribution in [0.15, 0.2) is 103 Å². The summed E-state index contributed by atoms with van der Waals surface area (Å²) in [6, 6.07) is 21.5. The molecule has 2 aromatic carbocycles. The van der Waals surface area contributed by atoms with E-state index < -0.39 is 0 Å². The predicted octanol–water partition coefficient (Wildman–Crippen LogP) is 8.15. The number of benzene rings is 2. The van der Waals surface area contributed by atoms with Crippen LogP contribution in [0.4, 0.5) is 11.4 Å². The molecule has 0 unspecified atom stereocenters. The molecule has 0 aliphatic carbocycles. The zero-order chi connectivity index (χ0) is 28.3. The number of hydrogen-bond acceptors (Lipinski definition) is 5. The number of allylic oxidation sites excluding steroid dienone is 4. The normalized spacial score (nSPS) is 12.0. The molecule has 3 aromatic rings. The van der Waals surface area contributed by atoms with Gasteiger partial charge in [0.05, 0.1) is 0 Å². The quantitative estimate of drug-likeness (QED) is 0.0660. The molecule has 0 aliphatic rings. The summed E-state index contributed by atoms with van der Waals surface area (Å²) in [5.41, 5.74) is 7.12. The van der Waals surface area contributed by atoms with E-state index >= 15 is 0 Å². The molecular formula is C34H43N4S2+. The smallest absolute Gasteiger partial charge is 0.169 e. The van der Waals surface area contributed by atoms with Gasteiger partial charge < -0.3 is 16.0 Å². The summed E-state index contributed by atoms with van der Waals surface area (Å²) in [5, 5.41) is 10.2. The summed E-state index contributed by atoms with van der Waals surface area (Å²) in [6.07, 6.45) is 19.0. The minimum Gasteiger partial charge on any atom is -0.391 e. The fourth-order valence-electron chi connectivity index (χ4n) is 3.71. The van der Waals surface area contributed by atoms with Crippen LogP contribution in [0.5, 0.6) is 0 Å². The van der Waals surface area contributed by atoms with E-state index in [4.69, 9.17) is 0 Å². The van der Waals surface area contributed by atoms with Gasteiger partial charge in [-0.2, -0.15) is 0 Å². The molecular weight excluding hydrogens is 529 g/mol. The van der Waals surface area contributed by atoms with E-state index in [1.54, 1.807) is 0 Å². The molecule has 0 spiro atoms. The molecule has 40 heavy (non-hydrogen) atoms. The summed E-state index contributed by atoms with van der Waals surface area (Å²) in [4.78, 5) is 0. The van der Waals surface area contributed by atoms with E-state index in [-0.39, 0.29) is 0 Å². The SMILES string of the molecule is C/C=C(\C=C/NCC)/C=C/c1ccc(NCCSSCCNc2ccc(/C=C/c3cc[n+](CC)cc3)cc2)cc1. The van der Waals surface area contributed by atoms with Gasteiger partial charge >= 0.3 is 0 Å². The monoisotopic (exact) mass is 571 g/mol. The van der Waals surface area contributed by atoms with Crippen LogP contribution in [0.2, 0.25) is 0 Å². The largest absolute Gasteiger partial charge is 0.391 e. The molecule has 1 aromatic heterocycles. The lowest BCUT2D eigenvalue weighted by Crippen LogP contribution is -2.30. The molecule has 6 heteroatoms. The lowest BCUT2D eigenvalue weighted by atomic mass is 10.1. The van der Waals surface area contributed by atoms with Crippen LogP contribution >= 0.6 is 21.6 Å². The molecule has 0 amide bonds. The second kappa shape index (κ2) is 18.9. The summed E-state index contributed by atoms with van der Waals surface area (Å²) in [7, 11) is 3.83. The van der Waals surface area contributed by atoms with Crippen molar-refractivity contribution in [1.82, 2.24) is 5.32 Å². The van der Waals surface area contributed by atoms with E-state index in [0.29, 0.717) is 0 Å². The Labute approximate surface area is 249 Å². The van der Waals surface area contributed by atoms with Crippen molar-refractivity contribution in [2.75, 3.05) is 41.8 Å². The molecule has 0 saturated carbocycles. The van der Waals surface area contributed by atoms with Gasteiger partial charge in [-0.15, -0.1) is 0 Å². The van der Waals surface area contributed by atoms with Crippen molar-refractivity contribution in [3.63, 3.8) is 0 Å². The Morgan fingerprint density at radius 2 is 1.23 bits per heavy atom. The van der Waals surface area contributed by atoms with Gasteiger partial charge in [-0.1, -0.05) is 76.2 Å². The molecule has 0 atom stereocenters. The van der Waals surface area contributed by atoms with Gasteiger partial charge in [0.2, 0.25) is 0 Å². The Balaban J connectivity index is 1.26. The zero-order valence-electron chi connectivity index (χ0n) is 24.0. The Hall–Kier alpha value is -3.35. The van der Waals surface area contributed by atoms with Crippen LogP contribution in [0.3, 0.4) is 0 Å². The number of pyridine rings is 1. The van der Waals surface area contributed by atoms with Gasteiger partial charge in [0.15, 0.2) is 12.4 Å². The van der Waals surface area contributed by atoms with E-state index in [2.05, 4.69) is 151 Å². The van der Waals surface area contributed by atoms with Gasteiger partial charge in [0.1, 0.15) is 6.54 Å². The van der Waals surface area contributed by atoms with Crippen LogP contribution in [-0.2, 0) is 6.54 Å². The van der Waals surface area contributed by atoms with Crippen molar-refractivity contribution >= 4 is 51.2 Å². The fourth-order valence-corrected chi connectivity index (χ4v) is 5.53. The minimum atomic E-state index is 0.934. The van der Waals surface area contributed by atoms with Crippen LogP contribution in [-0.4, -0.2) is 31.1 Å². The van der Waals surface area contributed by atoms with Gasteiger partial charge in [0.25, 0.3) is 0 Å². The van der Waals surface area contributed by atoms with E-state index in [0.717, 1.165) is 43.4 Å². The van der Waals surface area contributed by atoms with Crippen LogP contribution in [0.25, 0.3) is 18.2 Å². The first kappa shape index (κ1) is 31.2. The summed E-state index contributed by atoms with van der Waals surface area (Å²) in [5.74, 6) is 2.13. The highest BCUT2D eigenvalue weighted by Gasteiger charge is 1.97. The Morgan fingerprint density at radius 3 is 1.73 bits per heavy atom. The highest BCUT2D eigenvalue weighted by atomic mass is 33.1. The number of nitrogens with zero attached hydrogens (tertiary/aromatic N) is 1. The number of rotatable bonds is 17. The van der Waals surface area contributed by atoms with Crippen molar-refractivity contribution in [2.24, 2.45) is 0 Å². The standard InChI is InChI=1S/C34H42N4S2/c1-4-29(19-22-35-5-2)7-8-30-11-15-33(16-12-30)36-23-27-39-40-28-24-37-34-17-13-31(14-18-34)9-10-32-20-25-38(6-3)26-21-32/h4,7-22,25-26,35-36H,5-6,23-24,27-28H2,1-3H3/p+1/b8-7+,22-19-,29-4-. The molecule has 0 aliphatic heterocycles. The molecule has 3 N–H and O–H groups in total. The van der Waals surface area contributed by atoms with Crippen LogP contribution in [0, 0.1) is 0 Å². The number of anilines is 2. The Bertz CT molecular complexity index is 1230. The third-order valence-electron chi connectivity index (χ3n) is 6.08. The molecule has 0 saturated heterocycles.